The first-order chi connectivity index (χ1) is 11.6. The molecule has 0 bridgehead atoms. The minimum Gasteiger partial charge on any atom is -0.497 e. The van der Waals surface area contributed by atoms with Crippen molar-refractivity contribution in [3.63, 3.8) is 0 Å². The molecular weight excluding hydrogens is 310 g/mol. The van der Waals surface area contributed by atoms with Crippen molar-refractivity contribution in [3.8, 4) is 11.5 Å². The Bertz CT molecular complexity index is 745. The van der Waals surface area contributed by atoms with Crippen molar-refractivity contribution >= 4 is 23.7 Å². The standard InChI is InChI=1S/C17H17N3O4/c1-23-14-8-9-15(24-2)12(10-14)11-18-20-17(22)16(21)19-13-6-4-3-5-7-13/h3-11H,1-2H3,(H,19,21)(H,20,22)/b18-11+. The summed E-state index contributed by atoms with van der Waals surface area (Å²) in [6.07, 6.45) is 1.37. The number of hydrazone groups is 1. The number of amides is 2. The molecule has 0 radical (unpaired) electrons. The van der Waals surface area contributed by atoms with Gasteiger partial charge in [-0.25, -0.2) is 5.43 Å². The number of nitrogens with zero attached hydrogens (tertiary/aromatic N) is 1. The van der Waals surface area contributed by atoms with Gasteiger partial charge in [-0.15, -0.1) is 0 Å². The van der Waals surface area contributed by atoms with Crippen molar-refractivity contribution in [2.45, 2.75) is 0 Å². The molecule has 2 N–H and O–H groups in total. The summed E-state index contributed by atoms with van der Waals surface area (Å²) in [6, 6.07) is 13.8. The van der Waals surface area contributed by atoms with Crippen LogP contribution in [-0.2, 0) is 9.59 Å². The van der Waals surface area contributed by atoms with Gasteiger partial charge < -0.3 is 14.8 Å². The fourth-order valence-electron chi connectivity index (χ4n) is 1.86. The van der Waals surface area contributed by atoms with Gasteiger partial charge in [0.15, 0.2) is 0 Å². The summed E-state index contributed by atoms with van der Waals surface area (Å²) in [5.41, 5.74) is 3.28. The summed E-state index contributed by atoms with van der Waals surface area (Å²) >= 11 is 0. The summed E-state index contributed by atoms with van der Waals surface area (Å²) in [5, 5.41) is 6.23. The molecule has 0 atom stereocenters. The van der Waals surface area contributed by atoms with Gasteiger partial charge in [0, 0.05) is 11.3 Å². The Morgan fingerprint density at radius 3 is 2.42 bits per heavy atom. The predicted octanol–water partition coefficient (Wildman–Crippen LogP) is 1.79. The second-order valence-corrected chi connectivity index (χ2v) is 4.63. The summed E-state index contributed by atoms with van der Waals surface area (Å²) in [6.45, 7) is 0. The van der Waals surface area contributed by atoms with Gasteiger partial charge in [0.2, 0.25) is 0 Å². The van der Waals surface area contributed by atoms with Crippen LogP contribution < -0.4 is 20.2 Å². The molecule has 2 amide bonds. The lowest BCUT2D eigenvalue weighted by Crippen LogP contribution is -2.32. The molecule has 7 heteroatoms. The van der Waals surface area contributed by atoms with E-state index in [2.05, 4.69) is 15.8 Å². The van der Waals surface area contributed by atoms with Crippen LogP contribution in [-0.4, -0.2) is 32.2 Å². The highest BCUT2D eigenvalue weighted by atomic mass is 16.5. The van der Waals surface area contributed by atoms with Crippen LogP contribution in [0, 0.1) is 0 Å². The Hall–Kier alpha value is -3.35. The number of anilines is 1. The van der Waals surface area contributed by atoms with Crippen LogP contribution in [0.3, 0.4) is 0 Å². The van der Waals surface area contributed by atoms with Crippen LogP contribution >= 0.6 is 0 Å². The Kier molecular flexibility index (Phi) is 5.90. The third-order valence-corrected chi connectivity index (χ3v) is 3.04. The van der Waals surface area contributed by atoms with Crippen molar-refractivity contribution < 1.29 is 19.1 Å². The number of methoxy groups -OCH3 is 2. The Labute approximate surface area is 139 Å². The van der Waals surface area contributed by atoms with Gasteiger partial charge in [-0.3, -0.25) is 9.59 Å². The maximum Gasteiger partial charge on any atom is 0.329 e. The van der Waals surface area contributed by atoms with Gasteiger partial charge in [0.1, 0.15) is 11.5 Å². The van der Waals surface area contributed by atoms with Crippen molar-refractivity contribution in [3.05, 3.63) is 54.1 Å². The SMILES string of the molecule is COc1ccc(OC)c(/C=N/NC(=O)C(=O)Nc2ccccc2)c1. The molecule has 0 aliphatic heterocycles. The molecule has 2 rings (SSSR count). The highest BCUT2D eigenvalue weighted by Gasteiger charge is 2.12. The summed E-state index contributed by atoms with van der Waals surface area (Å²) < 4.78 is 10.3. The molecule has 0 heterocycles. The number of carbonyl (C=O) groups is 2. The van der Waals surface area contributed by atoms with E-state index in [-0.39, 0.29) is 0 Å². The number of carbonyl (C=O) groups excluding carboxylic acids is 2. The predicted molar refractivity (Wildman–Crippen MR) is 90.4 cm³/mol. The van der Waals surface area contributed by atoms with Gasteiger partial charge in [-0.1, -0.05) is 18.2 Å². The quantitative estimate of drug-likeness (QED) is 0.498. The van der Waals surface area contributed by atoms with Crippen molar-refractivity contribution in [1.82, 2.24) is 5.43 Å². The minimum absolute atomic E-state index is 0.524. The van der Waals surface area contributed by atoms with Gasteiger partial charge in [-0.2, -0.15) is 5.10 Å². The fourth-order valence-corrected chi connectivity index (χ4v) is 1.86. The number of hydrogen-bond donors (Lipinski definition) is 2. The number of para-hydroxylation sites is 1. The second kappa shape index (κ2) is 8.33. The Balaban J connectivity index is 1.98. The van der Waals surface area contributed by atoms with Crippen LogP contribution in [0.4, 0.5) is 5.69 Å². The molecule has 0 fully saturated rings. The zero-order valence-electron chi connectivity index (χ0n) is 13.3. The molecule has 0 aliphatic carbocycles. The molecule has 0 saturated heterocycles. The lowest BCUT2D eigenvalue weighted by Gasteiger charge is -2.07. The highest BCUT2D eigenvalue weighted by Crippen LogP contribution is 2.22. The van der Waals surface area contributed by atoms with Crippen LogP contribution in [0.1, 0.15) is 5.56 Å². The summed E-state index contributed by atoms with van der Waals surface area (Å²) in [7, 11) is 3.06. The summed E-state index contributed by atoms with van der Waals surface area (Å²) in [5.74, 6) is -0.513. The van der Waals surface area contributed by atoms with E-state index < -0.39 is 11.8 Å². The minimum atomic E-state index is -0.878. The summed E-state index contributed by atoms with van der Waals surface area (Å²) in [4.78, 5) is 23.5. The van der Waals surface area contributed by atoms with E-state index >= 15 is 0 Å². The monoisotopic (exact) mass is 327 g/mol. The number of hydrogen-bond acceptors (Lipinski definition) is 5. The molecule has 0 spiro atoms. The van der Waals surface area contributed by atoms with E-state index in [0.29, 0.717) is 22.7 Å². The first-order valence-corrected chi connectivity index (χ1v) is 7.05. The van der Waals surface area contributed by atoms with Crippen molar-refractivity contribution in [2.24, 2.45) is 5.10 Å². The Morgan fingerprint density at radius 2 is 1.75 bits per heavy atom. The molecule has 0 saturated carbocycles. The van der Waals surface area contributed by atoms with E-state index in [4.69, 9.17) is 9.47 Å². The molecule has 7 nitrogen and oxygen atoms in total. The van der Waals surface area contributed by atoms with Crippen LogP contribution in [0.2, 0.25) is 0 Å². The lowest BCUT2D eigenvalue weighted by atomic mass is 10.2. The van der Waals surface area contributed by atoms with Crippen LogP contribution in [0.25, 0.3) is 0 Å². The third-order valence-electron chi connectivity index (χ3n) is 3.04. The first kappa shape index (κ1) is 17.0. The maximum absolute atomic E-state index is 11.7. The van der Waals surface area contributed by atoms with Gasteiger partial charge in [0.05, 0.1) is 20.4 Å². The van der Waals surface area contributed by atoms with E-state index in [1.807, 2.05) is 6.07 Å². The average Bonchev–Trinajstić information content (AvgIpc) is 2.62. The number of benzene rings is 2. The van der Waals surface area contributed by atoms with Crippen molar-refractivity contribution in [1.29, 1.82) is 0 Å². The number of rotatable bonds is 5. The second-order valence-electron chi connectivity index (χ2n) is 4.63. The van der Waals surface area contributed by atoms with Crippen molar-refractivity contribution in [2.75, 3.05) is 19.5 Å². The number of nitrogens with one attached hydrogen (secondary N) is 2. The highest BCUT2D eigenvalue weighted by molar-refractivity contribution is 6.39. The molecule has 0 unspecified atom stereocenters. The normalized spacial score (nSPS) is 10.2. The molecule has 124 valence electrons. The smallest absolute Gasteiger partial charge is 0.329 e. The van der Waals surface area contributed by atoms with E-state index in [1.165, 1.54) is 13.3 Å². The van der Waals surface area contributed by atoms with E-state index in [1.54, 1.807) is 49.6 Å². The lowest BCUT2D eigenvalue weighted by molar-refractivity contribution is -0.136. The zero-order valence-corrected chi connectivity index (χ0v) is 13.3. The van der Waals surface area contributed by atoms with Crippen LogP contribution in [0.15, 0.2) is 53.6 Å². The molecule has 0 aromatic heterocycles. The van der Waals surface area contributed by atoms with Crippen LogP contribution in [0.5, 0.6) is 11.5 Å². The molecule has 24 heavy (non-hydrogen) atoms. The van der Waals surface area contributed by atoms with E-state index in [0.717, 1.165) is 0 Å². The Morgan fingerprint density at radius 1 is 1.00 bits per heavy atom. The fraction of sp³-hybridized carbons (Fsp3) is 0.118. The zero-order chi connectivity index (χ0) is 17.4. The maximum atomic E-state index is 11.7. The largest absolute Gasteiger partial charge is 0.497 e. The van der Waals surface area contributed by atoms with Gasteiger partial charge >= 0.3 is 11.8 Å². The number of ether oxygens (including phenoxy) is 2. The first-order valence-electron chi connectivity index (χ1n) is 7.05. The average molecular weight is 327 g/mol. The molecule has 0 aliphatic rings. The van der Waals surface area contributed by atoms with Gasteiger partial charge in [0.25, 0.3) is 0 Å². The molecule has 2 aromatic rings. The topological polar surface area (TPSA) is 89.0 Å². The third kappa shape index (κ3) is 4.57. The van der Waals surface area contributed by atoms with Gasteiger partial charge in [-0.05, 0) is 30.3 Å². The van der Waals surface area contributed by atoms with E-state index in [9.17, 15) is 9.59 Å². The molecule has 2 aromatic carbocycles. The molecular formula is C17H17N3O4.